The largest absolute Gasteiger partial charge is 0.458 e. The van der Waals surface area contributed by atoms with Crippen LogP contribution in [0, 0.1) is 34.5 Å². The van der Waals surface area contributed by atoms with Crippen LogP contribution in [0.3, 0.4) is 0 Å². The zero-order valence-corrected chi connectivity index (χ0v) is 16.8. The summed E-state index contributed by atoms with van der Waals surface area (Å²) in [4.78, 5) is 24.1. The summed E-state index contributed by atoms with van der Waals surface area (Å²) >= 11 is 0. The summed E-state index contributed by atoms with van der Waals surface area (Å²) in [5.74, 6) is 1.78. The molecule has 27 heavy (non-hydrogen) atoms. The predicted octanol–water partition coefficient (Wildman–Crippen LogP) is 3.81. The summed E-state index contributed by atoms with van der Waals surface area (Å²) in [6.45, 7) is 6.88. The predicted molar refractivity (Wildman–Crippen MR) is 101 cm³/mol. The molecule has 8 atom stereocenters. The van der Waals surface area contributed by atoms with Crippen LogP contribution in [0.15, 0.2) is 11.6 Å². The van der Waals surface area contributed by atoms with Gasteiger partial charge in [0, 0.05) is 18.3 Å². The molecule has 1 heterocycles. The molecule has 4 aliphatic carbocycles. The molecule has 3 saturated carbocycles. The Morgan fingerprint density at radius 2 is 1.93 bits per heavy atom. The van der Waals surface area contributed by atoms with E-state index in [0.29, 0.717) is 30.6 Å². The highest BCUT2D eigenvalue weighted by Crippen LogP contribution is 2.70. The number of ether oxygens (including phenoxy) is 1. The van der Waals surface area contributed by atoms with Crippen molar-refractivity contribution in [3.8, 4) is 0 Å². The van der Waals surface area contributed by atoms with Gasteiger partial charge in [0.2, 0.25) is 0 Å². The number of carbonyl (C=O) groups is 2. The Morgan fingerprint density at radius 3 is 2.63 bits per heavy atom. The maximum absolute atomic E-state index is 12.1. The molecular formula is C23H32O4. The number of hydrogen-bond acceptors (Lipinski definition) is 4. The smallest absolute Gasteiger partial charge is 0.306 e. The first-order valence-electron chi connectivity index (χ1n) is 10.8. The van der Waals surface area contributed by atoms with Gasteiger partial charge in [-0.1, -0.05) is 26.3 Å². The van der Waals surface area contributed by atoms with Crippen LogP contribution < -0.4 is 0 Å². The Kier molecular flexibility index (Phi) is 3.62. The van der Waals surface area contributed by atoms with Gasteiger partial charge in [-0.05, 0) is 73.7 Å². The molecule has 4 fully saturated rings. The standard InChI is InChI=1S/C23H32O4/c1-13-10-14-11-15(24)4-7-21(14,2)20-17(25)12-22(3)16(19(13)20)5-8-23(22)9-6-18(26)27-23/h11,13,16-17,19-20,25H,4-10,12H2,1-3H3/t13-,16?,17-,19?,20?,21?,22?,23-/m1/s1. The number of aliphatic hydroxyl groups is 1. The van der Waals surface area contributed by atoms with Crippen LogP contribution >= 0.6 is 0 Å². The summed E-state index contributed by atoms with van der Waals surface area (Å²) in [6, 6.07) is 0. The Hall–Kier alpha value is -1.16. The minimum Gasteiger partial charge on any atom is -0.458 e. The second-order valence-corrected chi connectivity index (χ2v) is 10.6. The van der Waals surface area contributed by atoms with Gasteiger partial charge in [-0.3, -0.25) is 9.59 Å². The van der Waals surface area contributed by atoms with Crippen molar-refractivity contribution in [1.29, 1.82) is 0 Å². The third-order valence-electron chi connectivity index (χ3n) is 9.58. The number of hydrogen-bond donors (Lipinski definition) is 1. The summed E-state index contributed by atoms with van der Waals surface area (Å²) in [6.07, 6.45) is 8.03. The molecular weight excluding hydrogens is 340 g/mol. The van der Waals surface area contributed by atoms with Crippen molar-refractivity contribution >= 4 is 11.8 Å². The molecule has 0 bridgehead atoms. The molecule has 5 aliphatic rings. The maximum Gasteiger partial charge on any atom is 0.306 e. The van der Waals surface area contributed by atoms with Crippen LogP contribution in [0.4, 0.5) is 0 Å². The fourth-order valence-corrected chi connectivity index (χ4v) is 8.29. The van der Waals surface area contributed by atoms with Crippen LogP contribution in [0.2, 0.25) is 0 Å². The second kappa shape index (κ2) is 5.46. The average Bonchev–Trinajstić information content (AvgIpc) is 3.10. The molecule has 1 aliphatic heterocycles. The van der Waals surface area contributed by atoms with Crippen LogP contribution in [-0.4, -0.2) is 28.6 Å². The van der Waals surface area contributed by atoms with Crippen LogP contribution in [0.25, 0.3) is 0 Å². The average molecular weight is 373 g/mol. The van der Waals surface area contributed by atoms with E-state index in [1.165, 1.54) is 5.57 Å². The molecule has 0 amide bonds. The molecule has 0 aromatic carbocycles. The molecule has 0 aromatic rings. The van der Waals surface area contributed by atoms with Crippen LogP contribution in [0.1, 0.15) is 72.1 Å². The van der Waals surface area contributed by atoms with Gasteiger partial charge in [-0.2, -0.15) is 0 Å². The molecule has 148 valence electrons. The first kappa shape index (κ1) is 17.9. The van der Waals surface area contributed by atoms with Gasteiger partial charge >= 0.3 is 5.97 Å². The molecule has 1 saturated heterocycles. The van der Waals surface area contributed by atoms with E-state index >= 15 is 0 Å². The highest BCUT2D eigenvalue weighted by Gasteiger charge is 2.69. The molecule has 0 aromatic heterocycles. The van der Waals surface area contributed by atoms with E-state index in [-0.39, 0.29) is 34.1 Å². The topological polar surface area (TPSA) is 63.6 Å². The summed E-state index contributed by atoms with van der Waals surface area (Å²) in [5, 5.41) is 11.5. The molecule has 4 nitrogen and oxygen atoms in total. The summed E-state index contributed by atoms with van der Waals surface area (Å²) in [7, 11) is 0. The Morgan fingerprint density at radius 1 is 1.15 bits per heavy atom. The van der Waals surface area contributed by atoms with Crippen LogP contribution in [0.5, 0.6) is 0 Å². The molecule has 5 unspecified atom stereocenters. The number of esters is 1. The molecule has 0 radical (unpaired) electrons. The van der Waals surface area contributed by atoms with Crippen molar-refractivity contribution in [1.82, 2.24) is 0 Å². The normalized spacial score (nSPS) is 54.2. The van der Waals surface area contributed by atoms with E-state index in [4.69, 9.17) is 4.74 Å². The second-order valence-electron chi connectivity index (χ2n) is 10.6. The van der Waals surface area contributed by atoms with Gasteiger partial charge < -0.3 is 9.84 Å². The van der Waals surface area contributed by atoms with E-state index in [2.05, 4.69) is 20.8 Å². The van der Waals surface area contributed by atoms with E-state index in [9.17, 15) is 14.7 Å². The first-order chi connectivity index (χ1) is 12.7. The van der Waals surface area contributed by atoms with Crippen molar-refractivity contribution < 1.29 is 19.4 Å². The Labute approximate surface area is 161 Å². The minimum atomic E-state index is -0.394. The van der Waals surface area contributed by atoms with Gasteiger partial charge in [0.25, 0.3) is 0 Å². The van der Waals surface area contributed by atoms with Gasteiger partial charge in [-0.25, -0.2) is 0 Å². The highest BCUT2D eigenvalue weighted by atomic mass is 16.6. The van der Waals surface area contributed by atoms with Gasteiger partial charge in [0.1, 0.15) is 5.60 Å². The Balaban J connectivity index is 1.57. The van der Waals surface area contributed by atoms with E-state index in [1.807, 2.05) is 6.08 Å². The fraction of sp³-hybridized carbons (Fsp3) is 0.826. The van der Waals surface area contributed by atoms with Gasteiger partial charge in [0.05, 0.1) is 6.10 Å². The number of ketones is 1. The first-order valence-corrected chi connectivity index (χ1v) is 10.8. The molecule has 4 heteroatoms. The zero-order chi connectivity index (χ0) is 19.2. The highest BCUT2D eigenvalue weighted by molar-refractivity contribution is 5.91. The SMILES string of the molecule is C[C@@H]1CC2=CC(=O)CCC2(C)C2C1C1CC[C@@]3(CCC(=O)O3)C1(C)C[C@H]2O. The summed E-state index contributed by atoms with van der Waals surface area (Å²) in [5.41, 5.74) is 0.722. The number of allylic oxidation sites excluding steroid dienone is 1. The van der Waals surface area contributed by atoms with Gasteiger partial charge in [-0.15, -0.1) is 0 Å². The van der Waals surface area contributed by atoms with E-state index < -0.39 is 6.10 Å². The fourth-order valence-electron chi connectivity index (χ4n) is 8.29. The van der Waals surface area contributed by atoms with E-state index in [1.54, 1.807) is 0 Å². The Bertz CT molecular complexity index is 741. The third kappa shape index (κ3) is 2.14. The van der Waals surface area contributed by atoms with Crippen LogP contribution in [-0.2, 0) is 14.3 Å². The van der Waals surface area contributed by atoms with Crippen molar-refractivity contribution in [2.24, 2.45) is 34.5 Å². The van der Waals surface area contributed by atoms with Crippen molar-refractivity contribution in [2.45, 2.75) is 83.8 Å². The lowest BCUT2D eigenvalue weighted by Crippen LogP contribution is -2.61. The quantitative estimate of drug-likeness (QED) is 0.657. The number of carbonyl (C=O) groups excluding carboxylic acids is 2. The molecule has 1 spiro atoms. The van der Waals surface area contributed by atoms with Crippen molar-refractivity contribution in [3.05, 3.63) is 11.6 Å². The van der Waals surface area contributed by atoms with Crippen molar-refractivity contribution in [3.63, 3.8) is 0 Å². The van der Waals surface area contributed by atoms with Gasteiger partial charge in [0.15, 0.2) is 5.78 Å². The molecule has 5 rings (SSSR count). The monoisotopic (exact) mass is 372 g/mol. The third-order valence-corrected chi connectivity index (χ3v) is 9.58. The zero-order valence-electron chi connectivity index (χ0n) is 16.8. The molecule has 1 N–H and O–H groups in total. The van der Waals surface area contributed by atoms with Crippen molar-refractivity contribution in [2.75, 3.05) is 0 Å². The minimum absolute atomic E-state index is 0.0616. The number of aliphatic hydroxyl groups excluding tert-OH is 1. The summed E-state index contributed by atoms with van der Waals surface area (Å²) < 4.78 is 5.99. The number of fused-ring (bicyclic) bond motifs is 6. The lowest BCUT2D eigenvalue weighted by molar-refractivity contribution is -0.190. The lowest BCUT2D eigenvalue weighted by Gasteiger charge is -2.62. The van der Waals surface area contributed by atoms with E-state index in [0.717, 1.165) is 38.5 Å². The number of rotatable bonds is 0. The maximum atomic E-state index is 12.1. The lowest BCUT2D eigenvalue weighted by atomic mass is 9.43.